The maximum atomic E-state index is 13.4. The predicted octanol–water partition coefficient (Wildman–Crippen LogP) is 4.28. The highest BCUT2D eigenvalue weighted by molar-refractivity contribution is 5.89. The van der Waals surface area contributed by atoms with Crippen molar-refractivity contribution in [2.24, 2.45) is 0 Å². The Morgan fingerprint density at radius 2 is 1.90 bits per heavy atom. The zero-order valence-corrected chi connectivity index (χ0v) is 17.2. The van der Waals surface area contributed by atoms with Gasteiger partial charge < -0.3 is 19.1 Å². The third kappa shape index (κ3) is 3.24. The first-order chi connectivity index (χ1) is 14.8. The summed E-state index contributed by atoms with van der Waals surface area (Å²) in [4.78, 5) is 15.1. The average molecular weight is 433 g/mol. The van der Waals surface area contributed by atoms with E-state index in [4.69, 9.17) is 14.2 Å². The van der Waals surface area contributed by atoms with Gasteiger partial charge in [0.1, 0.15) is 17.1 Å². The minimum Gasteiger partial charge on any atom is -0.497 e. The van der Waals surface area contributed by atoms with Crippen LogP contribution in [0.1, 0.15) is 41.1 Å². The third-order valence-corrected chi connectivity index (χ3v) is 6.46. The number of benzene rings is 2. The summed E-state index contributed by atoms with van der Waals surface area (Å²) in [6, 6.07) is 8.73. The van der Waals surface area contributed by atoms with Gasteiger partial charge in [-0.2, -0.15) is 13.2 Å². The van der Waals surface area contributed by atoms with Crippen LogP contribution in [0.25, 0.3) is 0 Å². The molecule has 8 heteroatoms. The summed E-state index contributed by atoms with van der Waals surface area (Å²) in [5, 5.41) is 0. The molecule has 0 radical (unpaired) electrons. The molecular formula is C23H22F3NO4. The molecule has 3 aliphatic rings. The number of rotatable bonds is 4. The first-order valence-electron chi connectivity index (χ1n) is 10.2. The molecule has 0 bridgehead atoms. The molecule has 2 aromatic rings. The maximum Gasteiger partial charge on any atom is 0.416 e. The van der Waals surface area contributed by atoms with Crippen molar-refractivity contribution >= 4 is 5.91 Å². The van der Waals surface area contributed by atoms with Crippen LogP contribution in [0.5, 0.6) is 11.5 Å². The molecule has 5 nitrogen and oxygen atoms in total. The number of carbonyl (C=O) groups excluding carboxylic acids is 1. The van der Waals surface area contributed by atoms with Gasteiger partial charge in [-0.3, -0.25) is 4.79 Å². The lowest BCUT2D eigenvalue weighted by atomic mass is 9.99. The normalized spacial score (nSPS) is 23.5. The number of fused-ring (bicyclic) bond motifs is 3. The average Bonchev–Trinajstić information content (AvgIpc) is 3.42. The summed E-state index contributed by atoms with van der Waals surface area (Å²) in [7, 11) is 3.11. The zero-order valence-electron chi connectivity index (χ0n) is 17.2. The van der Waals surface area contributed by atoms with Gasteiger partial charge in [-0.25, -0.2) is 0 Å². The van der Waals surface area contributed by atoms with Gasteiger partial charge in [-0.05, 0) is 48.2 Å². The summed E-state index contributed by atoms with van der Waals surface area (Å²) in [6.07, 6.45) is -3.14. The van der Waals surface area contributed by atoms with Crippen LogP contribution < -0.4 is 9.47 Å². The van der Waals surface area contributed by atoms with Gasteiger partial charge in [0, 0.05) is 18.1 Å². The lowest BCUT2D eigenvalue weighted by molar-refractivity contribution is -0.178. The number of morpholine rings is 1. The predicted molar refractivity (Wildman–Crippen MR) is 105 cm³/mol. The number of halogens is 3. The van der Waals surface area contributed by atoms with Crippen LogP contribution in [-0.2, 0) is 28.7 Å². The molecule has 1 saturated heterocycles. The fourth-order valence-corrected chi connectivity index (χ4v) is 4.76. The van der Waals surface area contributed by atoms with Crippen LogP contribution in [0.2, 0.25) is 0 Å². The molecule has 31 heavy (non-hydrogen) atoms. The molecule has 0 unspecified atom stereocenters. The molecule has 164 valence electrons. The Morgan fingerprint density at radius 3 is 2.55 bits per heavy atom. The van der Waals surface area contributed by atoms with Gasteiger partial charge in [-0.15, -0.1) is 0 Å². The number of methoxy groups -OCH3 is 2. The van der Waals surface area contributed by atoms with Crippen LogP contribution in [0.4, 0.5) is 13.2 Å². The number of hydrogen-bond donors (Lipinski definition) is 0. The summed E-state index contributed by atoms with van der Waals surface area (Å²) < 4.78 is 56.5. The number of nitrogens with zero attached hydrogens (tertiary/aromatic N) is 1. The molecule has 5 rings (SSSR count). The molecule has 2 aromatic carbocycles. The monoisotopic (exact) mass is 433 g/mol. The lowest BCUT2D eigenvalue weighted by Crippen LogP contribution is -2.53. The second-order valence-electron chi connectivity index (χ2n) is 8.32. The van der Waals surface area contributed by atoms with E-state index in [2.05, 4.69) is 0 Å². The Morgan fingerprint density at radius 1 is 1.13 bits per heavy atom. The Balaban J connectivity index is 1.53. The third-order valence-electron chi connectivity index (χ3n) is 6.46. The van der Waals surface area contributed by atoms with Gasteiger partial charge in [0.05, 0.1) is 38.5 Å². The summed E-state index contributed by atoms with van der Waals surface area (Å²) in [6.45, 7) is 0.277. The van der Waals surface area contributed by atoms with Crippen molar-refractivity contribution in [3.63, 3.8) is 0 Å². The van der Waals surface area contributed by atoms with E-state index in [1.165, 1.54) is 12.1 Å². The van der Waals surface area contributed by atoms with E-state index in [1.54, 1.807) is 31.3 Å². The van der Waals surface area contributed by atoms with Gasteiger partial charge >= 0.3 is 6.18 Å². The Kier molecular flexibility index (Phi) is 4.48. The highest BCUT2D eigenvalue weighted by atomic mass is 19.4. The van der Waals surface area contributed by atoms with Gasteiger partial charge in [0.15, 0.2) is 0 Å². The van der Waals surface area contributed by atoms with Crippen LogP contribution in [0.3, 0.4) is 0 Å². The quantitative estimate of drug-likeness (QED) is 0.722. The molecule has 2 fully saturated rings. The summed E-state index contributed by atoms with van der Waals surface area (Å²) in [5.74, 6) is 1.11. The fourth-order valence-electron chi connectivity index (χ4n) is 4.76. The number of alkyl halides is 3. The van der Waals surface area contributed by atoms with Gasteiger partial charge in [0.25, 0.3) is 5.91 Å². The van der Waals surface area contributed by atoms with Gasteiger partial charge in [-0.1, -0.05) is 6.07 Å². The van der Waals surface area contributed by atoms with Crippen LogP contribution in [0, 0.1) is 0 Å². The molecular weight excluding hydrogens is 411 g/mol. The second kappa shape index (κ2) is 6.88. The smallest absolute Gasteiger partial charge is 0.416 e. The van der Waals surface area contributed by atoms with Crippen molar-refractivity contribution in [2.75, 3.05) is 14.2 Å². The van der Waals surface area contributed by atoms with Crippen LogP contribution >= 0.6 is 0 Å². The minimum absolute atomic E-state index is 0.112. The zero-order chi connectivity index (χ0) is 22.0. The van der Waals surface area contributed by atoms with Crippen molar-refractivity contribution in [3.05, 3.63) is 58.7 Å². The second-order valence-corrected chi connectivity index (χ2v) is 8.32. The topological polar surface area (TPSA) is 48.0 Å². The highest BCUT2D eigenvalue weighted by Gasteiger charge is 2.61. The Bertz CT molecular complexity index is 1050. The molecule has 1 spiro atoms. The van der Waals surface area contributed by atoms with Crippen molar-refractivity contribution in [3.8, 4) is 11.5 Å². The van der Waals surface area contributed by atoms with E-state index < -0.39 is 23.4 Å². The van der Waals surface area contributed by atoms with Crippen LogP contribution in [-0.4, -0.2) is 36.7 Å². The van der Waals surface area contributed by atoms with E-state index >= 15 is 0 Å². The number of hydrogen-bond acceptors (Lipinski definition) is 4. The molecule has 0 aromatic heterocycles. The van der Waals surface area contributed by atoms with Crippen molar-refractivity contribution in [2.45, 2.75) is 49.7 Å². The molecule has 0 N–H and O–H groups in total. The number of carbonyl (C=O) groups is 1. The SMILES string of the molecule is COc1ccc(CN2C(=O)C3(CC3)O[C@H]3Cc4cc(C(F)(F)F)ccc4[C@H]32)c(OC)c1. The fraction of sp³-hybridized carbons (Fsp3) is 0.435. The number of amides is 1. The molecule has 1 aliphatic heterocycles. The first-order valence-corrected chi connectivity index (χ1v) is 10.2. The Labute approximate surface area is 177 Å². The van der Waals surface area contributed by atoms with Crippen LogP contribution in [0.15, 0.2) is 36.4 Å². The molecule has 2 atom stereocenters. The highest BCUT2D eigenvalue weighted by Crippen LogP contribution is 2.53. The first kappa shape index (κ1) is 20.2. The summed E-state index contributed by atoms with van der Waals surface area (Å²) >= 11 is 0. The minimum atomic E-state index is -4.41. The van der Waals surface area contributed by atoms with E-state index in [0.717, 1.165) is 11.6 Å². The van der Waals surface area contributed by atoms with E-state index in [9.17, 15) is 18.0 Å². The van der Waals surface area contributed by atoms with Crippen molar-refractivity contribution in [1.29, 1.82) is 0 Å². The van der Waals surface area contributed by atoms with Crippen molar-refractivity contribution in [1.82, 2.24) is 4.90 Å². The standard InChI is InChI=1S/C23H22F3NO4/c1-29-16-5-3-13(18(11-16)30-2)12-27-20-17-6-4-15(23(24,25)26)9-14(17)10-19(20)31-22(7-8-22)21(27)28/h3-6,9,11,19-20H,7-8,10,12H2,1-2H3/t19-,20+/m0/s1. The van der Waals surface area contributed by atoms with E-state index in [0.29, 0.717) is 41.9 Å². The van der Waals surface area contributed by atoms with E-state index in [-0.39, 0.29) is 18.6 Å². The van der Waals surface area contributed by atoms with Crippen molar-refractivity contribution < 1.29 is 32.2 Å². The Hall–Kier alpha value is -2.74. The number of ether oxygens (including phenoxy) is 3. The lowest BCUT2D eigenvalue weighted by Gasteiger charge is -2.42. The van der Waals surface area contributed by atoms with Gasteiger partial charge in [0.2, 0.25) is 0 Å². The largest absolute Gasteiger partial charge is 0.497 e. The molecule has 1 heterocycles. The molecule has 1 saturated carbocycles. The molecule has 2 aliphatic carbocycles. The van der Waals surface area contributed by atoms with E-state index in [1.807, 2.05) is 6.07 Å². The summed E-state index contributed by atoms with van der Waals surface area (Å²) in [5.41, 5.74) is 0.584. The maximum absolute atomic E-state index is 13.4. The molecule has 1 amide bonds.